The fourth-order valence-corrected chi connectivity index (χ4v) is 2.72. The lowest BCUT2D eigenvalue weighted by Crippen LogP contribution is -2.69. The molecule has 0 aromatic carbocycles. The SMILES string of the molecule is CO[C@]1(C)C[C@H](NC(=O)[C@@H]2CNCCO2)C1(C)C. The zero-order chi connectivity index (χ0) is 13.4. The van der Waals surface area contributed by atoms with Crippen molar-refractivity contribution in [2.45, 2.75) is 44.9 Å². The minimum Gasteiger partial charge on any atom is -0.378 e. The third-order valence-corrected chi connectivity index (χ3v) is 4.81. The summed E-state index contributed by atoms with van der Waals surface area (Å²) in [6.45, 7) is 8.37. The Bertz CT molecular complexity index is 326. The van der Waals surface area contributed by atoms with Gasteiger partial charge in [-0.05, 0) is 13.3 Å². The first kappa shape index (κ1) is 13.8. The van der Waals surface area contributed by atoms with Gasteiger partial charge in [0.1, 0.15) is 6.10 Å². The van der Waals surface area contributed by atoms with Gasteiger partial charge >= 0.3 is 0 Å². The largest absolute Gasteiger partial charge is 0.378 e. The molecule has 1 aliphatic heterocycles. The molecule has 1 heterocycles. The van der Waals surface area contributed by atoms with E-state index in [0.717, 1.165) is 13.0 Å². The topological polar surface area (TPSA) is 59.6 Å². The summed E-state index contributed by atoms with van der Waals surface area (Å²) >= 11 is 0. The number of methoxy groups -OCH3 is 1. The van der Waals surface area contributed by atoms with E-state index in [1.807, 2.05) is 0 Å². The summed E-state index contributed by atoms with van der Waals surface area (Å²) in [5, 5.41) is 6.24. The Morgan fingerprint density at radius 1 is 1.44 bits per heavy atom. The van der Waals surface area contributed by atoms with Crippen molar-refractivity contribution >= 4 is 5.91 Å². The maximum absolute atomic E-state index is 12.1. The molecule has 3 atom stereocenters. The van der Waals surface area contributed by atoms with Gasteiger partial charge in [-0.3, -0.25) is 4.79 Å². The second-order valence-corrected chi connectivity index (χ2v) is 5.99. The number of carbonyl (C=O) groups excluding carboxylic acids is 1. The Labute approximate surface area is 109 Å². The smallest absolute Gasteiger partial charge is 0.250 e. The van der Waals surface area contributed by atoms with Crippen LogP contribution < -0.4 is 10.6 Å². The van der Waals surface area contributed by atoms with Gasteiger partial charge in [-0.25, -0.2) is 0 Å². The van der Waals surface area contributed by atoms with Crippen molar-refractivity contribution in [2.24, 2.45) is 5.41 Å². The van der Waals surface area contributed by atoms with Crippen LogP contribution in [0.2, 0.25) is 0 Å². The van der Waals surface area contributed by atoms with E-state index in [4.69, 9.17) is 9.47 Å². The van der Waals surface area contributed by atoms with Crippen LogP contribution in [-0.4, -0.2) is 50.5 Å². The van der Waals surface area contributed by atoms with Gasteiger partial charge in [0.2, 0.25) is 0 Å². The molecule has 2 aliphatic rings. The average Bonchev–Trinajstić information content (AvgIpc) is 2.38. The third-order valence-electron chi connectivity index (χ3n) is 4.81. The second-order valence-electron chi connectivity index (χ2n) is 5.99. The lowest BCUT2D eigenvalue weighted by molar-refractivity contribution is -0.184. The van der Waals surface area contributed by atoms with Crippen molar-refractivity contribution in [3.05, 3.63) is 0 Å². The van der Waals surface area contributed by atoms with Gasteiger partial charge in [0.15, 0.2) is 0 Å². The molecule has 2 rings (SSSR count). The minimum absolute atomic E-state index is 0.0153. The lowest BCUT2D eigenvalue weighted by atomic mass is 9.56. The molecule has 1 saturated heterocycles. The van der Waals surface area contributed by atoms with Crippen LogP contribution in [-0.2, 0) is 14.3 Å². The van der Waals surface area contributed by atoms with E-state index in [9.17, 15) is 4.79 Å². The van der Waals surface area contributed by atoms with Crippen LogP contribution in [0.15, 0.2) is 0 Å². The zero-order valence-electron chi connectivity index (χ0n) is 11.7. The summed E-state index contributed by atoms with van der Waals surface area (Å²) < 4.78 is 11.0. The molecule has 1 aliphatic carbocycles. The Kier molecular flexibility index (Phi) is 3.67. The van der Waals surface area contributed by atoms with E-state index in [2.05, 4.69) is 31.4 Å². The summed E-state index contributed by atoms with van der Waals surface area (Å²) in [6, 6.07) is 0.153. The summed E-state index contributed by atoms with van der Waals surface area (Å²) in [6.07, 6.45) is 0.492. The summed E-state index contributed by atoms with van der Waals surface area (Å²) in [7, 11) is 1.73. The first-order valence-electron chi connectivity index (χ1n) is 6.58. The molecule has 2 fully saturated rings. The number of morpholine rings is 1. The van der Waals surface area contributed by atoms with Crippen LogP contribution in [0.3, 0.4) is 0 Å². The third kappa shape index (κ3) is 2.15. The molecule has 1 saturated carbocycles. The molecule has 0 unspecified atom stereocenters. The Morgan fingerprint density at radius 3 is 2.67 bits per heavy atom. The highest BCUT2D eigenvalue weighted by Gasteiger charge is 2.58. The predicted octanol–water partition coefficient (Wildman–Crippen LogP) is 0.295. The van der Waals surface area contributed by atoms with Crippen LogP contribution in [0.1, 0.15) is 27.2 Å². The quantitative estimate of drug-likeness (QED) is 0.762. The number of ether oxygens (including phenoxy) is 2. The van der Waals surface area contributed by atoms with Gasteiger partial charge in [0, 0.05) is 31.7 Å². The van der Waals surface area contributed by atoms with Crippen molar-refractivity contribution in [3.63, 3.8) is 0 Å². The van der Waals surface area contributed by atoms with E-state index in [0.29, 0.717) is 13.2 Å². The van der Waals surface area contributed by atoms with E-state index in [1.54, 1.807) is 7.11 Å². The van der Waals surface area contributed by atoms with E-state index in [1.165, 1.54) is 0 Å². The fraction of sp³-hybridized carbons (Fsp3) is 0.923. The Hall–Kier alpha value is -0.650. The highest BCUT2D eigenvalue weighted by Crippen LogP contribution is 2.51. The maximum atomic E-state index is 12.1. The molecule has 1 amide bonds. The van der Waals surface area contributed by atoms with Gasteiger partial charge in [0.25, 0.3) is 5.91 Å². The lowest BCUT2D eigenvalue weighted by Gasteiger charge is -2.59. The number of hydrogen-bond acceptors (Lipinski definition) is 4. The number of amides is 1. The van der Waals surface area contributed by atoms with Gasteiger partial charge in [0.05, 0.1) is 12.2 Å². The van der Waals surface area contributed by atoms with Crippen molar-refractivity contribution < 1.29 is 14.3 Å². The number of nitrogens with one attached hydrogen (secondary N) is 2. The first-order valence-corrected chi connectivity index (χ1v) is 6.58. The van der Waals surface area contributed by atoms with Crippen LogP contribution in [0, 0.1) is 5.41 Å². The standard InChI is InChI=1S/C13H24N2O3/c1-12(2)10(7-13(12,3)17-4)15-11(16)9-8-14-5-6-18-9/h9-10,14H,5-8H2,1-4H3,(H,15,16)/t9-,10-,13+/m0/s1. The first-order chi connectivity index (χ1) is 8.40. The van der Waals surface area contributed by atoms with Gasteiger partial charge in [-0.1, -0.05) is 13.8 Å². The van der Waals surface area contributed by atoms with Gasteiger partial charge < -0.3 is 20.1 Å². The van der Waals surface area contributed by atoms with Crippen LogP contribution in [0.4, 0.5) is 0 Å². The Balaban J connectivity index is 1.89. The molecule has 18 heavy (non-hydrogen) atoms. The molecular formula is C13H24N2O3. The monoisotopic (exact) mass is 256 g/mol. The molecule has 0 aromatic rings. The second kappa shape index (κ2) is 4.79. The molecule has 0 bridgehead atoms. The van der Waals surface area contributed by atoms with Crippen molar-refractivity contribution in [1.29, 1.82) is 0 Å². The molecule has 5 heteroatoms. The normalized spacial score (nSPS) is 38.9. The summed E-state index contributed by atoms with van der Waals surface area (Å²) in [4.78, 5) is 12.1. The Morgan fingerprint density at radius 2 is 2.17 bits per heavy atom. The van der Waals surface area contributed by atoms with E-state index < -0.39 is 0 Å². The average molecular weight is 256 g/mol. The molecular weight excluding hydrogens is 232 g/mol. The summed E-state index contributed by atoms with van der Waals surface area (Å²) in [5.74, 6) is -0.0153. The van der Waals surface area contributed by atoms with Crippen LogP contribution in [0.5, 0.6) is 0 Å². The molecule has 104 valence electrons. The van der Waals surface area contributed by atoms with Crippen molar-refractivity contribution in [3.8, 4) is 0 Å². The molecule has 0 spiro atoms. The van der Waals surface area contributed by atoms with Gasteiger partial charge in [-0.15, -0.1) is 0 Å². The summed E-state index contributed by atoms with van der Waals surface area (Å²) in [5.41, 5.74) is -0.212. The highest BCUT2D eigenvalue weighted by atomic mass is 16.5. The molecule has 2 N–H and O–H groups in total. The molecule has 5 nitrogen and oxygen atoms in total. The van der Waals surface area contributed by atoms with Crippen molar-refractivity contribution in [1.82, 2.24) is 10.6 Å². The highest BCUT2D eigenvalue weighted by molar-refractivity contribution is 5.81. The van der Waals surface area contributed by atoms with Crippen LogP contribution >= 0.6 is 0 Å². The molecule has 0 radical (unpaired) electrons. The fourth-order valence-electron chi connectivity index (χ4n) is 2.72. The maximum Gasteiger partial charge on any atom is 0.250 e. The number of rotatable bonds is 3. The van der Waals surface area contributed by atoms with Gasteiger partial charge in [-0.2, -0.15) is 0 Å². The predicted molar refractivity (Wildman–Crippen MR) is 68.4 cm³/mol. The molecule has 0 aromatic heterocycles. The number of carbonyl (C=O) groups is 1. The zero-order valence-corrected chi connectivity index (χ0v) is 11.7. The van der Waals surface area contributed by atoms with Crippen molar-refractivity contribution in [2.75, 3.05) is 26.8 Å². The number of hydrogen-bond donors (Lipinski definition) is 2. The van der Waals surface area contributed by atoms with Crippen LogP contribution in [0.25, 0.3) is 0 Å². The van der Waals surface area contributed by atoms with E-state index in [-0.39, 0.29) is 29.1 Å². The minimum atomic E-state index is -0.357. The van der Waals surface area contributed by atoms with E-state index >= 15 is 0 Å².